The highest BCUT2D eigenvalue weighted by molar-refractivity contribution is 7.98. The molecule has 6 nitrogen and oxygen atoms in total. The minimum absolute atomic E-state index is 0.0524. The highest BCUT2D eigenvalue weighted by Gasteiger charge is 2.30. The van der Waals surface area contributed by atoms with Gasteiger partial charge >= 0.3 is 6.18 Å². The number of amides is 1. The molecule has 3 rings (SSSR count). The first-order chi connectivity index (χ1) is 16.3. The van der Waals surface area contributed by atoms with Gasteiger partial charge in [0.05, 0.1) is 24.9 Å². The fraction of sp³-hybridized carbons (Fsp3) is 0.375. The number of hydrogen-bond acceptors (Lipinski definition) is 5. The zero-order valence-electron chi connectivity index (χ0n) is 19.2. The molecular formula is C24H27F3N4O2S. The van der Waals surface area contributed by atoms with E-state index in [0.717, 1.165) is 30.7 Å². The van der Waals surface area contributed by atoms with E-state index in [4.69, 9.17) is 4.74 Å². The molecule has 0 aliphatic heterocycles. The second-order valence-electron chi connectivity index (χ2n) is 7.65. The van der Waals surface area contributed by atoms with Crippen LogP contribution in [0, 0.1) is 5.92 Å². The first-order valence-corrected chi connectivity index (χ1v) is 11.9. The van der Waals surface area contributed by atoms with E-state index in [9.17, 15) is 18.0 Å². The van der Waals surface area contributed by atoms with E-state index in [1.165, 1.54) is 17.8 Å². The molecule has 3 aromatic rings. The number of alkyl halides is 3. The zero-order valence-corrected chi connectivity index (χ0v) is 20.0. The number of halogens is 3. The van der Waals surface area contributed by atoms with E-state index in [1.54, 1.807) is 23.8 Å². The smallest absolute Gasteiger partial charge is 0.416 e. The predicted molar refractivity (Wildman–Crippen MR) is 125 cm³/mol. The summed E-state index contributed by atoms with van der Waals surface area (Å²) in [4.78, 5) is 12.5. The van der Waals surface area contributed by atoms with Gasteiger partial charge in [0, 0.05) is 17.7 Å². The summed E-state index contributed by atoms with van der Waals surface area (Å²) in [6.07, 6.45) is -2.92. The Morgan fingerprint density at radius 3 is 2.53 bits per heavy atom. The maximum absolute atomic E-state index is 13.1. The molecular weight excluding hydrogens is 465 g/mol. The number of nitrogens with zero attached hydrogens (tertiary/aromatic N) is 3. The van der Waals surface area contributed by atoms with Gasteiger partial charge in [0.25, 0.3) is 0 Å². The highest BCUT2D eigenvalue weighted by atomic mass is 32.2. The molecule has 1 N–H and O–H groups in total. The van der Waals surface area contributed by atoms with Gasteiger partial charge in [-0.1, -0.05) is 49.9 Å². The summed E-state index contributed by atoms with van der Waals surface area (Å²) in [7, 11) is 1.56. The third-order valence-electron chi connectivity index (χ3n) is 5.41. The van der Waals surface area contributed by atoms with Crippen LogP contribution in [0.3, 0.4) is 0 Å². The van der Waals surface area contributed by atoms with Crippen LogP contribution in [-0.2, 0) is 23.3 Å². The lowest BCUT2D eigenvalue weighted by atomic mass is 10.0. The van der Waals surface area contributed by atoms with Crippen LogP contribution in [0.5, 0.6) is 5.75 Å². The van der Waals surface area contributed by atoms with Gasteiger partial charge in [-0.25, -0.2) is 0 Å². The van der Waals surface area contributed by atoms with Gasteiger partial charge in [0.1, 0.15) is 5.75 Å². The molecule has 0 atom stereocenters. The first kappa shape index (κ1) is 25.6. The second-order valence-corrected chi connectivity index (χ2v) is 8.60. The van der Waals surface area contributed by atoms with Crippen LogP contribution in [-0.4, -0.2) is 27.8 Å². The molecule has 1 aromatic heterocycles. The van der Waals surface area contributed by atoms with Crippen LogP contribution in [0.25, 0.3) is 5.69 Å². The zero-order chi connectivity index (χ0) is 24.7. The second kappa shape index (κ2) is 11.4. The predicted octanol–water partition coefficient (Wildman–Crippen LogP) is 5.64. The van der Waals surface area contributed by atoms with Crippen molar-refractivity contribution >= 4 is 17.7 Å². The summed E-state index contributed by atoms with van der Waals surface area (Å²) in [5.41, 5.74) is 0.552. The lowest BCUT2D eigenvalue weighted by Crippen LogP contribution is -2.30. The highest BCUT2D eigenvalue weighted by Crippen LogP contribution is 2.32. The van der Waals surface area contributed by atoms with Crippen molar-refractivity contribution in [2.75, 3.05) is 7.11 Å². The fourth-order valence-electron chi connectivity index (χ4n) is 3.47. The van der Waals surface area contributed by atoms with Crippen LogP contribution in [0.15, 0.2) is 53.7 Å². The van der Waals surface area contributed by atoms with E-state index >= 15 is 0 Å². The molecule has 0 unspecified atom stereocenters. The molecule has 1 heterocycles. The average Bonchev–Trinajstić information content (AvgIpc) is 3.24. The molecule has 0 spiro atoms. The van der Waals surface area contributed by atoms with E-state index in [-0.39, 0.29) is 24.1 Å². The van der Waals surface area contributed by atoms with Gasteiger partial charge in [-0.15, -0.1) is 10.2 Å². The molecule has 10 heteroatoms. The van der Waals surface area contributed by atoms with Crippen molar-refractivity contribution in [3.05, 3.63) is 65.5 Å². The van der Waals surface area contributed by atoms with Gasteiger partial charge in [0.15, 0.2) is 11.0 Å². The number of methoxy groups -OCH3 is 1. The Morgan fingerprint density at radius 2 is 1.85 bits per heavy atom. The Morgan fingerprint density at radius 1 is 1.12 bits per heavy atom. The number of ether oxygens (including phenoxy) is 1. The third-order valence-corrected chi connectivity index (χ3v) is 6.41. The van der Waals surface area contributed by atoms with Crippen molar-refractivity contribution in [1.29, 1.82) is 0 Å². The van der Waals surface area contributed by atoms with Crippen LogP contribution in [0.1, 0.15) is 43.6 Å². The average molecular weight is 493 g/mol. The number of hydrogen-bond donors (Lipinski definition) is 1. The molecule has 1 amide bonds. The van der Waals surface area contributed by atoms with Gasteiger partial charge in [-0.3, -0.25) is 9.36 Å². The summed E-state index contributed by atoms with van der Waals surface area (Å²) in [6.45, 7) is 4.10. The lowest BCUT2D eigenvalue weighted by molar-refractivity contribution is -0.137. The largest absolute Gasteiger partial charge is 0.497 e. The van der Waals surface area contributed by atoms with E-state index in [1.807, 2.05) is 32.0 Å². The van der Waals surface area contributed by atoms with Crippen LogP contribution >= 0.6 is 11.8 Å². The Balaban J connectivity index is 1.87. The third kappa shape index (κ3) is 6.31. The van der Waals surface area contributed by atoms with Crippen molar-refractivity contribution in [3.63, 3.8) is 0 Å². The Labute approximate surface area is 200 Å². The molecule has 0 aliphatic rings. The molecule has 0 bridgehead atoms. The minimum atomic E-state index is -4.40. The van der Waals surface area contributed by atoms with E-state index in [0.29, 0.717) is 22.3 Å². The number of nitrogens with one attached hydrogen (secondary N) is 1. The molecule has 182 valence electrons. The van der Waals surface area contributed by atoms with Crippen LogP contribution < -0.4 is 10.1 Å². The number of carbonyl (C=O) groups excluding carboxylic acids is 1. The van der Waals surface area contributed by atoms with Crippen LogP contribution in [0.2, 0.25) is 0 Å². The summed E-state index contributed by atoms with van der Waals surface area (Å²) in [5.74, 6) is 1.28. The SMILES string of the molecule is CCC(CC)C(=O)NCc1nnc(SCc2cccc(C(F)(F)F)c2)n1-c1cccc(OC)c1. The van der Waals surface area contributed by atoms with Crippen molar-refractivity contribution in [2.45, 2.75) is 50.3 Å². The van der Waals surface area contributed by atoms with Gasteiger partial charge < -0.3 is 10.1 Å². The van der Waals surface area contributed by atoms with Crippen molar-refractivity contribution in [1.82, 2.24) is 20.1 Å². The van der Waals surface area contributed by atoms with E-state index in [2.05, 4.69) is 15.5 Å². The Kier molecular flexibility index (Phi) is 8.60. The van der Waals surface area contributed by atoms with Gasteiger partial charge in [0.2, 0.25) is 5.91 Å². The number of carbonyl (C=O) groups is 1. The van der Waals surface area contributed by atoms with Crippen molar-refractivity contribution in [3.8, 4) is 11.4 Å². The van der Waals surface area contributed by atoms with Gasteiger partial charge in [-0.05, 0) is 36.6 Å². The minimum Gasteiger partial charge on any atom is -0.497 e. The molecule has 0 aliphatic carbocycles. The Hall–Kier alpha value is -3.01. The number of benzene rings is 2. The maximum Gasteiger partial charge on any atom is 0.416 e. The topological polar surface area (TPSA) is 69.0 Å². The molecule has 0 saturated carbocycles. The molecule has 0 saturated heterocycles. The quantitative estimate of drug-likeness (QED) is 0.371. The molecule has 0 radical (unpaired) electrons. The molecule has 34 heavy (non-hydrogen) atoms. The van der Waals surface area contributed by atoms with Gasteiger partial charge in [-0.2, -0.15) is 13.2 Å². The molecule has 0 fully saturated rings. The summed E-state index contributed by atoms with van der Waals surface area (Å²) in [5, 5.41) is 11.9. The lowest BCUT2D eigenvalue weighted by Gasteiger charge is -2.14. The maximum atomic E-state index is 13.1. The van der Waals surface area contributed by atoms with Crippen LogP contribution in [0.4, 0.5) is 13.2 Å². The molecule has 2 aromatic carbocycles. The van der Waals surface area contributed by atoms with Crippen molar-refractivity contribution < 1.29 is 22.7 Å². The number of thioether (sulfide) groups is 1. The first-order valence-electron chi connectivity index (χ1n) is 10.9. The fourth-order valence-corrected chi connectivity index (χ4v) is 4.39. The standard InChI is InChI=1S/C24H27F3N4O2S/c1-4-17(5-2)22(32)28-14-21-29-30-23(31(21)19-10-7-11-20(13-19)33-3)34-15-16-8-6-9-18(12-16)24(25,26)27/h6-13,17H,4-5,14-15H2,1-3H3,(H,28,32). The Bertz CT molecular complexity index is 1110. The summed E-state index contributed by atoms with van der Waals surface area (Å²) < 4.78 is 46.3. The summed E-state index contributed by atoms with van der Waals surface area (Å²) in [6, 6.07) is 12.5. The number of rotatable bonds is 10. The monoisotopic (exact) mass is 492 g/mol. The normalized spacial score (nSPS) is 11.6. The van der Waals surface area contributed by atoms with Crippen molar-refractivity contribution in [2.24, 2.45) is 5.92 Å². The summed E-state index contributed by atoms with van der Waals surface area (Å²) >= 11 is 1.27. The van der Waals surface area contributed by atoms with E-state index < -0.39 is 11.7 Å². The number of aromatic nitrogens is 3.